The maximum Gasteiger partial charge on any atom is 0.308 e. The highest BCUT2D eigenvalue weighted by Gasteiger charge is 2.42. The number of carbonyl (C=O) groups excluding carboxylic acids is 1. The van der Waals surface area contributed by atoms with Crippen molar-refractivity contribution in [3.63, 3.8) is 0 Å². The third kappa shape index (κ3) is 9.90. The van der Waals surface area contributed by atoms with E-state index in [0.29, 0.717) is 18.9 Å². The Hall–Kier alpha value is -2.29. The number of methoxy groups -OCH3 is 1. The number of halogens is 1. The van der Waals surface area contributed by atoms with Crippen LogP contribution < -0.4 is 5.48 Å². The van der Waals surface area contributed by atoms with Crippen molar-refractivity contribution in [3.05, 3.63) is 48.2 Å². The number of esters is 1. The van der Waals surface area contributed by atoms with Crippen molar-refractivity contribution < 1.29 is 29.0 Å². The molecule has 8 atom stereocenters. The van der Waals surface area contributed by atoms with E-state index in [1.165, 1.54) is 7.11 Å². The van der Waals surface area contributed by atoms with Crippen molar-refractivity contribution in [2.75, 3.05) is 13.7 Å². The van der Waals surface area contributed by atoms with Gasteiger partial charge in [0.2, 0.25) is 0 Å². The molecule has 0 saturated heterocycles. The molecule has 1 aliphatic heterocycles. The predicted molar refractivity (Wildman–Crippen MR) is 161 cm³/mol. The Balaban J connectivity index is 1.91. The van der Waals surface area contributed by atoms with Crippen LogP contribution in [0.15, 0.2) is 53.2 Å². The molecule has 7 nitrogen and oxygen atoms in total. The first-order chi connectivity index (χ1) is 19.6. The van der Waals surface area contributed by atoms with Crippen molar-refractivity contribution in [3.8, 4) is 0 Å². The number of hydrogen-bond acceptors (Lipinski definition) is 7. The number of carbonyl (C=O) groups is 1. The SMILES string of the molecule is COC(=O)C[C@H](O)C[C@H](O)/C=C/C1C(C(C)C)N=C(C(C)C)C(=CNOCC2CC=CCC2)C1C1C=CC(F)CC1. The summed E-state index contributed by atoms with van der Waals surface area (Å²) >= 11 is 0. The highest BCUT2D eigenvalue weighted by atomic mass is 19.1. The number of allylic oxidation sites excluding steroid dienone is 5. The van der Waals surface area contributed by atoms with Crippen LogP contribution in [0.5, 0.6) is 0 Å². The number of rotatable bonds is 13. The minimum absolute atomic E-state index is 0.00166. The number of nitrogens with one attached hydrogen (secondary N) is 1. The van der Waals surface area contributed by atoms with E-state index in [2.05, 4.69) is 50.1 Å². The lowest BCUT2D eigenvalue weighted by Crippen LogP contribution is -2.43. The zero-order chi connectivity index (χ0) is 29.9. The lowest BCUT2D eigenvalue weighted by atomic mass is 9.65. The molecule has 0 radical (unpaired) electrons. The Kier molecular flexibility index (Phi) is 13.3. The van der Waals surface area contributed by atoms with Crippen LogP contribution in [0.2, 0.25) is 0 Å². The Bertz CT molecular complexity index is 988. The molecule has 0 aromatic carbocycles. The van der Waals surface area contributed by atoms with E-state index in [0.717, 1.165) is 37.0 Å². The fourth-order valence-electron chi connectivity index (χ4n) is 6.27. The lowest BCUT2D eigenvalue weighted by molar-refractivity contribution is -0.143. The molecule has 0 spiro atoms. The second-order valence-corrected chi connectivity index (χ2v) is 12.4. The van der Waals surface area contributed by atoms with E-state index in [1.807, 2.05) is 18.4 Å². The molecule has 0 amide bonds. The zero-order valence-electron chi connectivity index (χ0n) is 25.4. The average Bonchev–Trinajstić information content (AvgIpc) is 2.94. The molecule has 0 bridgehead atoms. The average molecular weight is 575 g/mol. The van der Waals surface area contributed by atoms with Crippen LogP contribution in [-0.2, 0) is 14.4 Å². The van der Waals surface area contributed by atoms with Crippen molar-refractivity contribution in [1.29, 1.82) is 0 Å². The second-order valence-electron chi connectivity index (χ2n) is 12.4. The predicted octanol–water partition coefficient (Wildman–Crippen LogP) is 5.65. The highest BCUT2D eigenvalue weighted by molar-refractivity contribution is 6.02. The normalized spacial score (nSPS) is 31.1. The molecule has 8 heteroatoms. The number of alkyl halides is 1. The molecule has 3 aliphatic rings. The first-order valence-corrected chi connectivity index (χ1v) is 15.3. The summed E-state index contributed by atoms with van der Waals surface area (Å²) in [4.78, 5) is 22.7. The Morgan fingerprint density at radius 2 is 1.95 bits per heavy atom. The molecule has 3 N–H and O–H groups in total. The van der Waals surface area contributed by atoms with Crippen LogP contribution in [-0.4, -0.2) is 60.0 Å². The van der Waals surface area contributed by atoms with Crippen LogP contribution in [0.1, 0.15) is 72.6 Å². The van der Waals surface area contributed by atoms with Gasteiger partial charge in [0.25, 0.3) is 0 Å². The molecule has 0 aromatic rings. The van der Waals surface area contributed by atoms with Crippen molar-refractivity contribution in [2.45, 2.75) is 97.1 Å². The van der Waals surface area contributed by atoms with Crippen molar-refractivity contribution >= 4 is 11.7 Å². The quantitative estimate of drug-likeness (QED) is 0.114. The topological polar surface area (TPSA) is 100 Å². The summed E-state index contributed by atoms with van der Waals surface area (Å²) in [6.45, 7) is 9.23. The Morgan fingerprint density at radius 3 is 2.56 bits per heavy atom. The number of hydrogen-bond donors (Lipinski definition) is 3. The van der Waals surface area contributed by atoms with Gasteiger partial charge in [0, 0.05) is 30.2 Å². The van der Waals surface area contributed by atoms with Gasteiger partial charge in [-0.05, 0) is 61.3 Å². The van der Waals surface area contributed by atoms with E-state index in [4.69, 9.17) is 9.83 Å². The minimum atomic E-state index is -1.00. The molecular formula is C33H51FN2O5. The summed E-state index contributed by atoms with van der Waals surface area (Å²) in [6, 6.07) is -0.0376. The summed E-state index contributed by atoms with van der Waals surface area (Å²) in [5.41, 5.74) is 5.21. The highest BCUT2D eigenvalue weighted by Crippen LogP contribution is 2.44. The number of aliphatic hydroxyl groups excluding tert-OH is 2. The van der Waals surface area contributed by atoms with Crippen molar-refractivity contribution in [2.24, 2.45) is 40.5 Å². The van der Waals surface area contributed by atoms with E-state index in [1.54, 1.807) is 12.2 Å². The maximum atomic E-state index is 14.2. The van der Waals surface area contributed by atoms with Crippen molar-refractivity contribution in [1.82, 2.24) is 5.48 Å². The summed E-state index contributed by atoms with van der Waals surface area (Å²) in [5.74, 6) is 0.420. The fraction of sp³-hybridized carbons (Fsp3) is 0.697. The Labute approximate surface area is 245 Å². The van der Waals surface area contributed by atoms with E-state index in [9.17, 15) is 19.4 Å². The summed E-state index contributed by atoms with van der Waals surface area (Å²) in [7, 11) is 1.27. The first-order valence-electron chi connectivity index (χ1n) is 15.3. The van der Waals surface area contributed by atoms with Gasteiger partial charge in [-0.25, -0.2) is 4.39 Å². The van der Waals surface area contributed by atoms with Crippen LogP contribution in [0.3, 0.4) is 0 Å². The van der Waals surface area contributed by atoms with E-state index in [-0.39, 0.29) is 48.5 Å². The van der Waals surface area contributed by atoms with Crippen LogP contribution >= 0.6 is 0 Å². The van der Waals surface area contributed by atoms with Gasteiger partial charge in [-0.1, -0.05) is 64.2 Å². The van der Waals surface area contributed by atoms with Crippen LogP contribution in [0.4, 0.5) is 4.39 Å². The van der Waals surface area contributed by atoms with Gasteiger partial charge in [-0.3, -0.25) is 20.1 Å². The van der Waals surface area contributed by atoms with Crippen LogP contribution in [0.25, 0.3) is 0 Å². The molecule has 230 valence electrons. The van der Waals surface area contributed by atoms with E-state index >= 15 is 0 Å². The zero-order valence-corrected chi connectivity index (χ0v) is 25.4. The van der Waals surface area contributed by atoms with Crippen LogP contribution in [0, 0.1) is 35.5 Å². The molecule has 41 heavy (non-hydrogen) atoms. The molecule has 3 rings (SSSR count). The molecule has 0 saturated carbocycles. The monoisotopic (exact) mass is 574 g/mol. The third-order valence-corrected chi connectivity index (χ3v) is 8.48. The molecule has 6 unspecified atom stereocenters. The van der Waals surface area contributed by atoms with E-state index < -0.39 is 24.3 Å². The van der Waals surface area contributed by atoms with Gasteiger partial charge < -0.3 is 14.9 Å². The summed E-state index contributed by atoms with van der Waals surface area (Å²) < 4.78 is 18.8. The van der Waals surface area contributed by atoms with Gasteiger partial charge >= 0.3 is 5.97 Å². The molecular weight excluding hydrogens is 523 g/mol. The summed E-state index contributed by atoms with van der Waals surface area (Å²) in [5, 5.41) is 21.0. The number of hydroxylamine groups is 1. The third-order valence-electron chi connectivity index (χ3n) is 8.48. The second kappa shape index (κ2) is 16.4. The number of ether oxygens (including phenoxy) is 1. The molecule has 0 fully saturated rings. The van der Waals surface area contributed by atoms with Gasteiger partial charge in [0.05, 0.1) is 38.4 Å². The maximum absolute atomic E-state index is 14.2. The van der Waals surface area contributed by atoms with Gasteiger partial charge in [0.1, 0.15) is 6.17 Å². The van der Waals surface area contributed by atoms with Gasteiger partial charge in [0.15, 0.2) is 0 Å². The summed E-state index contributed by atoms with van der Waals surface area (Å²) in [6.07, 6.45) is 15.2. The minimum Gasteiger partial charge on any atom is -0.469 e. The molecule has 1 heterocycles. The first kappa shape index (κ1) is 33.2. The molecule has 2 aliphatic carbocycles. The smallest absolute Gasteiger partial charge is 0.308 e. The van der Waals surface area contributed by atoms with Gasteiger partial charge in [-0.2, -0.15) is 0 Å². The largest absolute Gasteiger partial charge is 0.469 e. The number of nitrogens with zero attached hydrogens (tertiary/aromatic N) is 1. The number of aliphatic imine (C=N–C) groups is 1. The number of aliphatic hydroxyl groups is 2. The van der Waals surface area contributed by atoms with Gasteiger partial charge in [-0.15, -0.1) is 0 Å². The standard InChI is InChI=1S/C33H51FN2O5/c1-21(2)32-28(16-15-26(37)17-27(38)18-30(39)40-5)31(24-11-13-25(34)14-12-24)29(33(36-32)22(3)4)19-35-41-20-23-9-7-6-8-10-23/h6-7,11,13,15-16,19,21-28,31-32,35,37-38H,8-10,12,14,17-18,20H2,1-5H3/b16-15+,29-19?/t23?,24?,25?,26-,27-,28?,31?,32?/m1/s1. The lowest BCUT2D eigenvalue weighted by Gasteiger charge is -2.43. The fourth-order valence-corrected chi connectivity index (χ4v) is 6.27. The Morgan fingerprint density at radius 1 is 1.17 bits per heavy atom. The molecule has 0 aromatic heterocycles.